The largest absolute Gasteiger partial charge is 0.314 e. The highest BCUT2D eigenvalue weighted by molar-refractivity contribution is 5.29. The quantitative estimate of drug-likeness (QED) is 0.837. The van der Waals surface area contributed by atoms with Gasteiger partial charge < -0.3 is 5.32 Å². The van der Waals surface area contributed by atoms with Crippen molar-refractivity contribution < 1.29 is 0 Å². The van der Waals surface area contributed by atoms with E-state index in [1.807, 2.05) is 6.20 Å². The van der Waals surface area contributed by atoms with Crippen LogP contribution in [0.2, 0.25) is 0 Å². The summed E-state index contributed by atoms with van der Waals surface area (Å²) in [4.78, 5) is 4.70. The first kappa shape index (κ1) is 13.1. The van der Waals surface area contributed by atoms with Crippen molar-refractivity contribution in [2.45, 2.75) is 63.8 Å². The second-order valence-electron chi connectivity index (χ2n) is 6.23. The zero-order valence-corrected chi connectivity index (χ0v) is 12.1. The Hall–Kier alpha value is -0.890. The number of fused-ring (bicyclic) bond motifs is 1. The Morgan fingerprint density at radius 3 is 3.05 bits per heavy atom. The second-order valence-corrected chi connectivity index (χ2v) is 6.23. The molecule has 0 aliphatic heterocycles. The summed E-state index contributed by atoms with van der Waals surface area (Å²) in [6.07, 6.45) is 11.5. The topological polar surface area (TPSA) is 24.9 Å². The van der Waals surface area contributed by atoms with E-state index in [-0.39, 0.29) is 0 Å². The minimum Gasteiger partial charge on any atom is -0.314 e. The van der Waals surface area contributed by atoms with Gasteiger partial charge in [0, 0.05) is 23.9 Å². The van der Waals surface area contributed by atoms with Crippen molar-refractivity contribution in [3.8, 4) is 0 Å². The van der Waals surface area contributed by atoms with Crippen molar-refractivity contribution in [2.24, 2.45) is 5.92 Å². The van der Waals surface area contributed by atoms with Gasteiger partial charge in [0.15, 0.2) is 0 Å². The summed E-state index contributed by atoms with van der Waals surface area (Å²) >= 11 is 0. The minimum absolute atomic E-state index is 0.732. The standard InChI is InChI=1S/C17H26N2/c1-2-18-15-8-4-3-6-14(12-15)16-10-9-13-7-5-11-19-17(13)16/h5,7,11,14-16,18H,2-4,6,8-10,12H2,1H3. The van der Waals surface area contributed by atoms with Gasteiger partial charge >= 0.3 is 0 Å². The zero-order valence-electron chi connectivity index (χ0n) is 12.1. The summed E-state index contributed by atoms with van der Waals surface area (Å²) in [5, 5.41) is 3.68. The molecule has 19 heavy (non-hydrogen) atoms. The molecule has 2 aliphatic carbocycles. The van der Waals surface area contributed by atoms with Gasteiger partial charge in [0.2, 0.25) is 0 Å². The second kappa shape index (κ2) is 6.04. The molecule has 0 spiro atoms. The summed E-state index contributed by atoms with van der Waals surface area (Å²) in [7, 11) is 0. The number of hydrogen-bond acceptors (Lipinski definition) is 2. The molecule has 0 bridgehead atoms. The average molecular weight is 258 g/mol. The highest BCUT2D eigenvalue weighted by Crippen LogP contribution is 2.42. The van der Waals surface area contributed by atoms with Gasteiger partial charge in [0.05, 0.1) is 0 Å². The highest BCUT2D eigenvalue weighted by Gasteiger charge is 2.32. The molecule has 0 aromatic carbocycles. The van der Waals surface area contributed by atoms with Crippen molar-refractivity contribution in [3.05, 3.63) is 29.6 Å². The lowest BCUT2D eigenvalue weighted by Crippen LogP contribution is -2.31. The van der Waals surface area contributed by atoms with E-state index in [1.165, 1.54) is 56.2 Å². The van der Waals surface area contributed by atoms with E-state index in [9.17, 15) is 0 Å². The van der Waals surface area contributed by atoms with Crippen LogP contribution in [0.1, 0.15) is 62.6 Å². The molecule has 3 atom stereocenters. The third-order valence-electron chi connectivity index (χ3n) is 5.03. The van der Waals surface area contributed by atoms with Gasteiger partial charge in [-0.25, -0.2) is 0 Å². The Kier molecular flexibility index (Phi) is 4.17. The summed E-state index contributed by atoms with van der Waals surface area (Å²) in [5.41, 5.74) is 2.93. The molecule has 0 saturated heterocycles. The lowest BCUT2D eigenvalue weighted by molar-refractivity contribution is 0.332. The van der Waals surface area contributed by atoms with Gasteiger partial charge in [0.1, 0.15) is 0 Å². The van der Waals surface area contributed by atoms with Crippen LogP contribution in [0.5, 0.6) is 0 Å². The van der Waals surface area contributed by atoms with Crippen LogP contribution in [-0.4, -0.2) is 17.6 Å². The normalized spacial score (nSPS) is 30.9. The van der Waals surface area contributed by atoms with E-state index in [4.69, 9.17) is 4.98 Å². The smallest absolute Gasteiger partial charge is 0.0469 e. The molecule has 2 nitrogen and oxygen atoms in total. The molecule has 2 heteroatoms. The van der Waals surface area contributed by atoms with Crippen LogP contribution >= 0.6 is 0 Å². The van der Waals surface area contributed by atoms with Crippen molar-refractivity contribution >= 4 is 0 Å². The van der Waals surface area contributed by atoms with Gasteiger partial charge in [0.25, 0.3) is 0 Å². The molecule has 3 unspecified atom stereocenters. The predicted molar refractivity (Wildman–Crippen MR) is 79.3 cm³/mol. The molecule has 1 heterocycles. The van der Waals surface area contributed by atoms with Gasteiger partial charge in [-0.1, -0.05) is 25.8 Å². The molecule has 1 aromatic rings. The number of aromatic nitrogens is 1. The van der Waals surface area contributed by atoms with Crippen LogP contribution < -0.4 is 5.32 Å². The summed E-state index contributed by atoms with van der Waals surface area (Å²) in [6, 6.07) is 5.11. The third-order valence-corrected chi connectivity index (χ3v) is 5.03. The van der Waals surface area contributed by atoms with Gasteiger partial charge in [-0.2, -0.15) is 0 Å². The fraction of sp³-hybridized carbons (Fsp3) is 0.706. The highest BCUT2D eigenvalue weighted by atomic mass is 14.9. The number of nitrogens with one attached hydrogen (secondary N) is 1. The Balaban J connectivity index is 1.74. The Labute approximate surface area is 117 Å². The van der Waals surface area contributed by atoms with E-state index in [2.05, 4.69) is 24.4 Å². The van der Waals surface area contributed by atoms with Crippen LogP contribution in [0.25, 0.3) is 0 Å². The number of aryl methyl sites for hydroxylation is 1. The van der Waals surface area contributed by atoms with Crippen molar-refractivity contribution in [1.82, 2.24) is 10.3 Å². The molecular weight excluding hydrogens is 232 g/mol. The predicted octanol–water partition coefficient (Wildman–Crippen LogP) is 3.67. The van der Waals surface area contributed by atoms with Crippen LogP contribution in [-0.2, 0) is 6.42 Å². The number of nitrogens with zero attached hydrogens (tertiary/aromatic N) is 1. The van der Waals surface area contributed by atoms with Crippen LogP contribution in [0, 0.1) is 5.92 Å². The lowest BCUT2D eigenvalue weighted by Gasteiger charge is -2.26. The summed E-state index contributed by atoms with van der Waals surface area (Å²) < 4.78 is 0. The molecule has 104 valence electrons. The summed E-state index contributed by atoms with van der Waals surface area (Å²) in [6.45, 7) is 3.34. The van der Waals surface area contributed by atoms with E-state index < -0.39 is 0 Å². The maximum Gasteiger partial charge on any atom is 0.0469 e. The first-order valence-electron chi connectivity index (χ1n) is 8.05. The van der Waals surface area contributed by atoms with Crippen molar-refractivity contribution in [2.75, 3.05) is 6.54 Å². The third kappa shape index (κ3) is 2.84. The number of hydrogen-bond donors (Lipinski definition) is 1. The Bertz CT molecular complexity index is 415. The van der Waals surface area contributed by atoms with Gasteiger partial charge in [-0.3, -0.25) is 4.98 Å². The van der Waals surface area contributed by atoms with Crippen molar-refractivity contribution in [3.63, 3.8) is 0 Å². The van der Waals surface area contributed by atoms with Gasteiger partial charge in [-0.15, -0.1) is 0 Å². The first-order chi connectivity index (χ1) is 9.38. The lowest BCUT2D eigenvalue weighted by atomic mass is 9.83. The van der Waals surface area contributed by atoms with Crippen LogP contribution in [0.4, 0.5) is 0 Å². The van der Waals surface area contributed by atoms with E-state index in [0.29, 0.717) is 0 Å². The maximum atomic E-state index is 4.70. The average Bonchev–Trinajstić information content (AvgIpc) is 2.73. The SMILES string of the molecule is CCNC1CCCCC(C2CCc3cccnc32)C1. The fourth-order valence-corrected chi connectivity index (χ4v) is 4.14. The molecule has 3 rings (SSSR count). The molecule has 1 saturated carbocycles. The molecule has 1 fully saturated rings. The molecular formula is C17H26N2. The molecule has 1 aromatic heterocycles. The van der Waals surface area contributed by atoms with Crippen LogP contribution in [0.15, 0.2) is 18.3 Å². The maximum absolute atomic E-state index is 4.70. The first-order valence-corrected chi connectivity index (χ1v) is 8.05. The van der Waals surface area contributed by atoms with E-state index in [1.54, 1.807) is 0 Å². The monoisotopic (exact) mass is 258 g/mol. The molecule has 2 aliphatic rings. The summed E-state index contributed by atoms with van der Waals surface area (Å²) in [5.74, 6) is 1.58. The molecule has 1 N–H and O–H groups in total. The molecule has 0 radical (unpaired) electrons. The van der Waals surface area contributed by atoms with E-state index in [0.717, 1.165) is 24.4 Å². The van der Waals surface area contributed by atoms with Crippen LogP contribution in [0.3, 0.4) is 0 Å². The molecule has 0 amide bonds. The fourth-order valence-electron chi connectivity index (χ4n) is 4.14. The van der Waals surface area contributed by atoms with E-state index >= 15 is 0 Å². The minimum atomic E-state index is 0.732. The van der Waals surface area contributed by atoms with Crippen molar-refractivity contribution in [1.29, 1.82) is 0 Å². The number of rotatable bonds is 3. The Morgan fingerprint density at radius 1 is 1.26 bits per heavy atom. The number of pyridine rings is 1. The van der Waals surface area contributed by atoms with Gasteiger partial charge in [-0.05, 0) is 56.2 Å². The Morgan fingerprint density at radius 2 is 2.16 bits per heavy atom. The zero-order chi connectivity index (χ0) is 13.1.